The number of nitrogens with one attached hydrogen (secondary N) is 2. The first-order valence-electron chi connectivity index (χ1n) is 8.99. The molecule has 0 aliphatic heterocycles. The molecule has 2 N–H and O–H groups in total. The van der Waals surface area contributed by atoms with Crippen LogP contribution in [0.2, 0.25) is 0 Å². The van der Waals surface area contributed by atoms with Gasteiger partial charge in [-0.25, -0.2) is 4.98 Å². The van der Waals surface area contributed by atoms with Crippen LogP contribution in [0.3, 0.4) is 0 Å². The number of carbonyl (C=O) groups excluding carboxylic acids is 2. The summed E-state index contributed by atoms with van der Waals surface area (Å²) in [7, 11) is 1.61. The highest BCUT2D eigenvalue weighted by atomic mass is 32.1. The molecule has 0 fully saturated rings. The quantitative estimate of drug-likeness (QED) is 0.426. The number of hydrogen-bond donors (Lipinski definition) is 2. The van der Waals surface area contributed by atoms with Gasteiger partial charge in [-0.3, -0.25) is 14.9 Å². The smallest absolute Gasteiger partial charge is 0.265 e. The van der Waals surface area contributed by atoms with E-state index in [9.17, 15) is 9.59 Å². The molecular weight excluding hydrogens is 418 g/mol. The number of thiophene rings is 1. The summed E-state index contributed by atoms with van der Waals surface area (Å²) in [6, 6.07) is 17.9. The molecule has 0 bridgehead atoms. The summed E-state index contributed by atoms with van der Waals surface area (Å²) in [5, 5.41) is 9.80. The molecule has 2 aromatic carbocycles. The topological polar surface area (TPSA) is 80.3 Å². The molecule has 0 atom stereocenters. The molecule has 4 aromatic rings. The van der Waals surface area contributed by atoms with Crippen LogP contribution in [0.5, 0.6) is 5.75 Å². The van der Waals surface area contributed by atoms with Gasteiger partial charge in [0, 0.05) is 22.2 Å². The van der Waals surface area contributed by atoms with Crippen LogP contribution in [0.15, 0.2) is 71.4 Å². The lowest BCUT2D eigenvalue weighted by molar-refractivity contribution is 0.101. The summed E-state index contributed by atoms with van der Waals surface area (Å²) in [4.78, 5) is 30.0. The number of benzene rings is 2. The van der Waals surface area contributed by atoms with Crippen LogP contribution in [0.1, 0.15) is 20.0 Å². The Morgan fingerprint density at radius 2 is 1.80 bits per heavy atom. The summed E-state index contributed by atoms with van der Waals surface area (Å²) in [5.74, 6) is 0.210. The molecule has 8 heteroatoms. The Morgan fingerprint density at radius 3 is 2.60 bits per heavy atom. The molecule has 2 amide bonds. The number of carbonyl (C=O) groups is 2. The highest BCUT2D eigenvalue weighted by molar-refractivity contribution is 7.14. The standard InChI is InChI=1S/C22H17N3O3S2/c1-28-18-9-3-2-8-16(18)17-13-30-22(24-17)25-20(26)14-6-4-7-15(12-14)23-21(27)19-10-5-11-29-19/h2-13H,1H3,(H,23,27)(H,24,25,26). The van der Waals surface area contributed by atoms with E-state index < -0.39 is 0 Å². The van der Waals surface area contributed by atoms with Crippen molar-refractivity contribution in [2.24, 2.45) is 0 Å². The third kappa shape index (κ3) is 4.40. The minimum atomic E-state index is -0.303. The maximum Gasteiger partial charge on any atom is 0.265 e. The largest absolute Gasteiger partial charge is 0.496 e. The molecule has 2 aromatic heterocycles. The number of thiazole rings is 1. The Balaban J connectivity index is 1.47. The molecule has 4 rings (SSSR count). The lowest BCUT2D eigenvalue weighted by atomic mass is 10.1. The van der Waals surface area contributed by atoms with Gasteiger partial charge in [-0.2, -0.15) is 0 Å². The van der Waals surface area contributed by atoms with Gasteiger partial charge in [0.1, 0.15) is 5.75 Å². The van der Waals surface area contributed by atoms with Crippen molar-refractivity contribution in [3.8, 4) is 17.0 Å². The first-order valence-corrected chi connectivity index (χ1v) is 10.7. The Hall–Kier alpha value is -3.49. The Bertz CT molecular complexity index is 1190. The van der Waals surface area contributed by atoms with Crippen LogP contribution >= 0.6 is 22.7 Å². The van der Waals surface area contributed by atoms with E-state index in [2.05, 4.69) is 15.6 Å². The van der Waals surface area contributed by atoms with E-state index in [0.717, 1.165) is 17.0 Å². The summed E-state index contributed by atoms with van der Waals surface area (Å²) < 4.78 is 5.37. The van der Waals surface area contributed by atoms with Crippen molar-refractivity contribution in [1.82, 2.24) is 4.98 Å². The number of hydrogen-bond acceptors (Lipinski definition) is 6. The zero-order valence-corrected chi connectivity index (χ0v) is 17.5. The van der Waals surface area contributed by atoms with Crippen molar-refractivity contribution >= 4 is 45.3 Å². The number of methoxy groups -OCH3 is 1. The van der Waals surface area contributed by atoms with Crippen molar-refractivity contribution in [3.63, 3.8) is 0 Å². The van der Waals surface area contributed by atoms with Crippen molar-refractivity contribution in [3.05, 3.63) is 81.9 Å². The van der Waals surface area contributed by atoms with E-state index in [0.29, 0.717) is 21.3 Å². The van der Waals surface area contributed by atoms with E-state index in [-0.39, 0.29) is 11.8 Å². The molecule has 0 saturated carbocycles. The van der Waals surface area contributed by atoms with Crippen molar-refractivity contribution in [2.75, 3.05) is 17.7 Å². The first-order chi connectivity index (χ1) is 14.6. The third-order valence-corrected chi connectivity index (χ3v) is 5.86. The molecule has 0 radical (unpaired) electrons. The molecule has 6 nitrogen and oxygen atoms in total. The minimum Gasteiger partial charge on any atom is -0.496 e. The fourth-order valence-corrected chi connectivity index (χ4v) is 4.14. The number of para-hydroxylation sites is 1. The van der Waals surface area contributed by atoms with Gasteiger partial charge in [0.15, 0.2) is 5.13 Å². The van der Waals surface area contributed by atoms with Gasteiger partial charge in [-0.15, -0.1) is 22.7 Å². The highest BCUT2D eigenvalue weighted by Crippen LogP contribution is 2.32. The number of aromatic nitrogens is 1. The zero-order chi connectivity index (χ0) is 20.9. The molecule has 0 spiro atoms. The second-order valence-electron chi connectivity index (χ2n) is 6.20. The number of rotatable bonds is 6. The van der Waals surface area contributed by atoms with Crippen molar-refractivity contribution in [1.29, 1.82) is 0 Å². The SMILES string of the molecule is COc1ccccc1-c1csc(NC(=O)c2cccc(NC(=O)c3cccs3)c2)n1. The summed E-state index contributed by atoms with van der Waals surface area (Å²) in [6.45, 7) is 0. The average molecular weight is 436 g/mol. The molecule has 30 heavy (non-hydrogen) atoms. The molecule has 2 heterocycles. The molecular formula is C22H17N3O3S2. The van der Waals surface area contributed by atoms with Crippen LogP contribution < -0.4 is 15.4 Å². The van der Waals surface area contributed by atoms with Gasteiger partial charge in [-0.05, 0) is 41.8 Å². The maximum atomic E-state index is 12.7. The lowest BCUT2D eigenvalue weighted by Gasteiger charge is -2.07. The van der Waals surface area contributed by atoms with Gasteiger partial charge in [0.25, 0.3) is 11.8 Å². The first kappa shape index (κ1) is 19.8. The van der Waals surface area contributed by atoms with E-state index >= 15 is 0 Å². The Labute approximate surface area is 181 Å². The van der Waals surface area contributed by atoms with E-state index in [1.54, 1.807) is 37.4 Å². The van der Waals surface area contributed by atoms with Gasteiger partial charge in [0.2, 0.25) is 0 Å². The maximum absolute atomic E-state index is 12.7. The molecule has 0 saturated heterocycles. The molecule has 0 aliphatic rings. The average Bonchev–Trinajstić information content (AvgIpc) is 3.46. The summed E-state index contributed by atoms with van der Waals surface area (Å²) >= 11 is 2.69. The van der Waals surface area contributed by atoms with Gasteiger partial charge in [0.05, 0.1) is 17.7 Å². The number of amides is 2. The molecule has 0 aliphatic carbocycles. The molecule has 150 valence electrons. The highest BCUT2D eigenvalue weighted by Gasteiger charge is 2.13. The van der Waals surface area contributed by atoms with E-state index in [4.69, 9.17) is 4.74 Å². The van der Waals surface area contributed by atoms with Gasteiger partial charge >= 0.3 is 0 Å². The van der Waals surface area contributed by atoms with Crippen LogP contribution in [-0.4, -0.2) is 23.9 Å². The summed E-state index contributed by atoms with van der Waals surface area (Å²) in [6.07, 6.45) is 0. The van der Waals surface area contributed by atoms with Crippen LogP contribution in [0.4, 0.5) is 10.8 Å². The predicted molar refractivity (Wildman–Crippen MR) is 121 cm³/mol. The normalized spacial score (nSPS) is 10.4. The van der Waals surface area contributed by atoms with Crippen molar-refractivity contribution < 1.29 is 14.3 Å². The van der Waals surface area contributed by atoms with Gasteiger partial charge in [-0.1, -0.05) is 24.3 Å². The fourth-order valence-electron chi connectivity index (χ4n) is 2.82. The van der Waals surface area contributed by atoms with E-state index in [1.807, 2.05) is 41.1 Å². The summed E-state index contributed by atoms with van der Waals surface area (Å²) in [5.41, 5.74) is 2.56. The predicted octanol–water partition coefficient (Wildman–Crippen LogP) is 5.38. The van der Waals surface area contributed by atoms with Crippen LogP contribution in [-0.2, 0) is 0 Å². The molecule has 0 unspecified atom stereocenters. The Kier molecular flexibility index (Phi) is 5.87. The monoisotopic (exact) mass is 435 g/mol. The number of anilines is 2. The zero-order valence-electron chi connectivity index (χ0n) is 15.9. The van der Waals surface area contributed by atoms with E-state index in [1.165, 1.54) is 22.7 Å². The van der Waals surface area contributed by atoms with Crippen LogP contribution in [0.25, 0.3) is 11.3 Å². The van der Waals surface area contributed by atoms with Gasteiger partial charge < -0.3 is 10.1 Å². The van der Waals surface area contributed by atoms with Crippen molar-refractivity contribution in [2.45, 2.75) is 0 Å². The third-order valence-electron chi connectivity index (χ3n) is 4.24. The lowest BCUT2D eigenvalue weighted by Crippen LogP contribution is -2.14. The second-order valence-corrected chi connectivity index (χ2v) is 8.01. The number of nitrogens with zero attached hydrogens (tertiary/aromatic N) is 1. The Morgan fingerprint density at radius 1 is 0.933 bits per heavy atom. The number of ether oxygens (including phenoxy) is 1. The second kappa shape index (κ2) is 8.89. The van der Waals surface area contributed by atoms with Crippen LogP contribution in [0, 0.1) is 0 Å². The fraction of sp³-hybridized carbons (Fsp3) is 0.0455. The minimum absolute atomic E-state index is 0.205.